The van der Waals surface area contributed by atoms with Gasteiger partial charge in [0.15, 0.2) is 0 Å². The molecule has 1 aromatic heterocycles. The number of hydrogen-bond donors (Lipinski definition) is 1. The molecule has 164 valence electrons. The van der Waals surface area contributed by atoms with Crippen molar-refractivity contribution in [1.82, 2.24) is 15.3 Å². The fraction of sp³-hybridized carbons (Fsp3) is 0.520. The van der Waals surface area contributed by atoms with Crippen LogP contribution in [0.3, 0.4) is 0 Å². The summed E-state index contributed by atoms with van der Waals surface area (Å²) in [5.74, 6) is 1.52. The van der Waals surface area contributed by atoms with Crippen molar-refractivity contribution in [3.8, 4) is 11.8 Å². The first kappa shape index (κ1) is 22.7. The number of benzene rings is 1. The molecule has 1 fully saturated rings. The Morgan fingerprint density at radius 3 is 2.06 bits per heavy atom. The lowest BCUT2D eigenvalue weighted by atomic mass is 9.49. The summed E-state index contributed by atoms with van der Waals surface area (Å²) in [6.45, 7) is 16.3. The fourth-order valence-corrected chi connectivity index (χ4v) is 5.07. The molecule has 6 nitrogen and oxygen atoms in total. The zero-order valence-electron chi connectivity index (χ0n) is 19.7. The monoisotopic (exact) mass is 420 g/mol. The van der Waals surface area contributed by atoms with E-state index in [0.717, 1.165) is 22.7 Å². The van der Waals surface area contributed by atoms with E-state index in [1.165, 1.54) is 0 Å². The first-order chi connectivity index (χ1) is 14.4. The van der Waals surface area contributed by atoms with E-state index in [4.69, 9.17) is 4.74 Å². The molecule has 6 heteroatoms. The quantitative estimate of drug-likeness (QED) is 0.757. The Bertz CT molecular complexity index is 993. The van der Waals surface area contributed by atoms with Crippen molar-refractivity contribution in [3.05, 3.63) is 52.6 Å². The van der Waals surface area contributed by atoms with Gasteiger partial charge in [0, 0.05) is 35.2 Å². The highest BCUT2D eigenvalue weighted by atomic mass is 16.5. The van der Waals surface area contributed by atoms with Crippen LogP contribution in [-0.2, 0) is 0 Å². The minimum absolute atomic E-state index is 0.0807. The molecule has 1 aliphatic carbocycles. The van der Waals surface area contributed by atoms with Crippen LogP contribution in [0.1, 0.15) is 80.3 Å². The second-order valence-corrected chi connectivity index (χ2v) is 10.1. The highest BCUT2D eigenvalue weighted by Crippen LogP contribution is 2.55. The van der Waals surface area contributed by atoms with Crippen molar-refractivity contribution in [2.24, 2.45) is 10.8 Å². The van der Waals surface area contributed by atoms with Crippen LogP contribution >= 0.6 is 0 Å². The molecule has 1 N–H and O–H groups in total. The molecule has 1 aromatic carbocycles. The number of nitrogens with zero attached hydrogens (tertiary/aromatic N) is 3. The number of amides is 1. The zero-order chi connectivity index (χ0) is 23.1. The van der Waals surface area contributed by atoms with Gasteiger partial charge < -0.3 is 10.1 Å². The van der Waals surface area contributed by atoms with Crippen LogP contribution in [0.25, 0.3) is 0 Å². The molecular formula is C25H32N4O2. The van der Waals surface area contributed by atoms with Gasteiger partial charge in [-0.2, -0.15) is 5.26 Å². The number of rotatable bonds is 5. The predicted molar refractivity (Wildman–Crippen MR) is 120 cm³/mol. The maximum atomic E-state index is 12.9. The third-order valence-electron chi connectivity index (χ3n) is 6.44. The van der Waals surface area contributed by atoms with Crippen molar-refractivity contribution in [2.45, 2.75) is 73.5 Å². The second kappa shape index (κ2) is 7.96. The van der Waals surface area contributed by atoms with Gasteiger partial charge in [-0.05, 0) is 37.1 Å². The predicted octanol–water partition coefficient (Wildman–Crippen LogP) is 4.70. The maximum Gasteiger partial charge on any atom is 0.254 e. The second-order valence-electron chi connectivity index (χ2n) is 10.1. The Hall–Kier alpha value is -2.94. The van der Waals surface area contributed by atoms with Crippen molar-refractivity contribution >= 4 is 5.91 Å². The van der Waals surface area contributed by atoms with Gasteiger partial charge in [0.1, 0.15) is 17.7 Å². The fourth-order valence-electron chi connectivity index (χ4n) is 5.07. The molecule has 0 radical (unpaired) electrons. The summed E-state index contributed by atoms with van der Waals surface area (Å²) >= 11 is 0. The molecule has 0 saturated heterocycles. The normalized spacial score (nSPS) is 21.2. The first-order valence-electron chi connectivity index (χ1n) is 10.7. The third kappa shape index (κ3) is 4.01. The largest absolute Gasteiger partial charge is 0.489 e. The summed E-state index contributed by atoms with van der Waals surface area (Å²) in [4.78, 5) is 21.5. The van der Waals surface area contributed by atoms with Crippen molar-refractivity contribution in [1.29, 1.82) is 5.26 Å². The molecule has 31 heavy (non-hydrogen) atoms. The lowest BCUT2D eigenvalue weighted by Gasteiger charge is -2.63. The van der Waals surface area contributed by atoms with E-state index in [1.807, 2.05) is 39.8 Å². The Morgan fingerprint density at radius 1 is 1.10 bits per heavy atom. The summed E-state index contributed by atoms with van der Waals surface area (Å²) in [6, 6.07) is 5.99. The minimum Gasteiger partial charge on any atom is -0.489 e. The molecule has 1 heterocycles. The summed E-state index contributed by atoms with van der Waals surface area (Å²) in [7, 11) is 0. The van der Waals surface area contributed by atoms with Crippen LogP contribution in [0.2, 0.25) is 0 Å². The lowest BCUT2D eigenvalue weighted by Crippen LogP contribution is -2.74. The van der Waals surface area contributed by atoms with E-state index in [1.54, 1.807) is 12.4 Å². The van der Waals surface area contributed by atoms with Gasteiger partial charge in [-0.3, -0.25) is 4.79 Å². The van der Waals surface area contributed by atoms with E-state index in [0.29, 0.717) is 11.1 Å². The Balaban J connectivity index is 1.77. The molecule has 1 amide bonds. The van der Waals surface area contributed by atoms with Crippen LogP contribution in [-0.4, -0.2) is 28.0 Å². The number of ether oxygens (including phenoxy) is 1. The van der Waals surface area contributed by atoms with Crippen LogP contribution in [0.15, 0.2) is 24.5 Å². The number of carbonyl (C=O) groups excluding carboxylic acids is 1. The highest BCUT2D eigenvalue weighted by molar-refractivity contribution is 5.94. The van der Waals surface area contributed by atoms with Gasteiger partial charge in [0.2, 0.25) is 0 Å². The number of aromatic nitrogens is 2. The number of carbonyl (C=O) groups is 1. The minimum atomic E-state index is -0.284. The molecule has 3 rings (SSSR count). The summed E-state index contributed by atoms with van der Waals surface area (Å²) in [5, 5.41) is 12.5. The smallest absolute Gasteiger partial charge is 0.254 e. The molecular weight excluding hydrogens is 388 g/mol. The third-order valence-corrected chi connectivity index (χ3v) is 6.44. The molecule has 1 aliphatic rings. The number of hydrogen-bond acceptors (Lipinski definition) is 5. The Kier molecular flexibility index (Phi) is 5.84. The standard InChI is InChI=1S/C25H32N4O2/c1-14(2)20-27-12-17(13-28-20)21(30)29-22-24(5,6)23(25(22,7)8)31-18-9-15(3)19(11-26)16(4)10-18/h9-10,12-14,22-23H,1-8H3,(H,29,30)/t22-,23-. The number of nitrogens with one attached hydrogen (secondary N) is 1. The van der Waals surface area contributed by atoms with Gasteiger partial charge >= 0.3 is 0 Å². The summed E-state index contributed by atoms with van der Waals surface area (Å²) < 4.78 is 6.42. The Morgan fingerprint density at radius 2 is 1.61 bits per heavy atom. The van der Waals surface area contributed by atoms with Gasteiger partial charge in [-0.25, -0.2) is 9.97 Å². The van der Waals surface area contributed by atoms with Gasteiger partial charge in [-0.15, -0.1) is 0 Å². The van der Waals surface area contributed by atoms with Crippen LogP contribution in [0.5, 0.6) is 5.75 Å². The molecule has 2 aromatic rings. The van der Waals surface area contributed by atoms with E-state index < -0.39 is 0 Å². The van der Waals surface area contributed by atoms with Crippen LogP contribution in [0.4, 0.5) is 0 Å². The number of nitriles is 1. The van der Waals surface area contributed by atoms with E-state index >= 15 is 0 Å². The average molecular weight is 421 g/mol. The molecule has 1 saturated carbocycles. The maximum absolute atomic E-state index is 12.9. The lowest BCUT2D eigenvalue weighted by molar-refractivity contribution is -0.164. The number of aryl methyl sites for hydroxylation is 2. The first-order valence-corrected chi connectivity index (χ1v) is 10.7. The molecule has 0 aliphatic heterocycles. The topological polar surface area (TPSA) is 87.9 Å². The van der Waals surface area contributed by atoms with Gasteiger partial charge in [-0.1, -0.05) is 41.5 Å². The van der Waals surface area contributed by atoms with Gasteiger partial charge in [0.25, 0.3) is 5.91 Å². The van der Waals surface area contributed by atoms with Crippen molar-refractivity contribution in [3.63, 3.8) is 0 Å². The highest BCUT2D eigenvalue weighted by Gasteiger charge is 2.64. The van der Waals surface area contributed by atoms with E-state index in [-0.39, 0.29) is 34.8 Å². The van der Waals surface area contributed by atoms with Crippen LogP contribution in [0, 0.1) is 36.0 Å². The average Bonchev–Trinajstić information content (AvgIpc) is 2.69. The van der Waals surface area contributed by atoms with Gasteiger partial charge in [0.05, 0.1) is 17.2 Å². The van der Waals surface area contributed by atoms with Crippen molar-refractivity contribution < 1.29 is 9.53 Å². The SMILES string of the molecule is Cc1cc(O[C@H]2C(C)(C)[C@H](NC(=O)c3cnc(C(C)C)nc3)C2(C)C)cc(C)c1C#N. The van der Waals surface area contributed by atoms with E-state index in [9.17, 15) is 10.1 Å². The summed E-state index contributed by atoms with van der Waals surface area (Å²) in [5.41, 5.74) is 2.39. The van der Waals surface area contributed by atoms with E-state index in [2.05, 4.69) is 49.0 Å². The summed E-state index contributed by atoms with van der Waals surface area (Å²) in [6.07, 6.45) is 3.08. The molecule has 0 atom stereocenters. The van der Waals surface area contributed by atoms with Crippen molar-refractivity contribution in [2.75, 3.05) is 0 Å². The van der Waals surface area contributed by atoms with Crippen LogP contribution < -0.4 is 10.1 Å². The zero-order valence-corrected chi connectivity index (χ0v) is 19.7. The Labute approximate surface area is 185 Å². The molecule has 0 unspecified atom stereocenters. The molecule has 0 bridgehead atoms. The molecule has 0 spiro atoms.